The van der Waals surface area contributed by atoms with Crippen molar-refractivity contribution in [3.8, 4) is 17.3 Å². The maximum absolute atomic E-state index is 5.51. The number of ether oxygens (including phenoxy) is 1. The highest BCUT2D eigenvalue weighted by atomic mass is 16.5. The van der Waals surface area contributed by atoms with Gasteiger partial charge in [-0.15, -0.1) is 5.10 Å². The smallest absolute Gasteiger partial charge is 0.256 e. The molecule has 5 rings (SSSR count). The number of pyridine rings is 1. The van der Waals surface area contributed by atoms with E-state index in [4.69, 9.17) is 19.7 Å². The molecule has 5 heterocycles. The van der Waals surface area contributed by atoms with E-state index in [1.54, 1.807) is 29.5 Å². The summed E-state index contributed by atoms with van der Waals surface area (Å²) in [6.45, 7) is 5.65. The van der Waals surface area contributed by atoms with E-state index in [0.29, 0.717) is 19.2 Å². The summed E-state index contributed by atoms with van der Waals surface area (Å²) < 4.78 is 9.18. The van der Waals surface area contributed by atoms with Crippen molar-refractivity contribution in [2.24, 2.45) is 0 Å². The lowest BCUT2D eigenvalue weighted by Gasteiger charge is -2.28. The Morgan fingerprint density at radius 3 is 2.57 bits per heavy atom. The van der Waals surface area contributed by atoms with Crippen molar-refractivity contribution in [3.05, 3.63) is 36.9 Å². The number of hydrogen-bond acceptors (Lipinski definition) is 8. The minimum atomic E-state index is 0.474. The number of aromatic nitrogens is 8. The van der Waals surface area contributed by atoms with E-state index < -0.39 is 0 Å². The Morgan fingerprint density at radius 2 is 1.86 bits per heavy atom. The highest BCUT2D eigenvalue weighted by Gasteiger charge is 2.23. The molecule has 0 radical (unpaired) electrons. The Hall–Kier alpha value is -3.40. The molecule has 4 aromatic heterocycles. The van der Waals surface area contributed by atoms with Crippen molar-refractivity contribution < 1.29 is 4.74 Å². The second-order valence-electron chi connectivity index (χ2n) is 6.38. The predicted octanol–water partition coefficient (Wildman–Crippen LogP) is 1.33. The Bertz CT molecular complexity index is 1090. The fraction of sp³-hybridized carbons (Fsp3) is 0.333. The molecule has 0 spiro atoms. The van der Waals surface area contributed by atoms with E-state index in [1.807, 2.05) is 12.1 Å². The summed E-state index contributed by atoms with van der Waals surface area (Å²) >= 11 is 0. The van der Waals surface area contributed by atoms with Crippen LogP contribution < -0.4 is 4.90 Å². The summed E-state index contributed by atoms with van der Waals surface area (Å²) in [5.74, 6) is 2.11. The molecule has 0 atom stereocenters. The molecule has 1 fully saturated rings. The van der Waals surface area contributed by atoms with Crippen LogP contribution in [0, 0.1) is 0 Å². The summed E-state index contributed by atoms with van der Waals surface area (Å²) in [4.78, 5) is 20.8. The first-order valence-corrected chi connectivity index (χ1v) is 9.23. The molecule has 0 unspecified atom stereocenters. The van der Waals surface area contributed by atoms with Gasteiger partial charge in [0, 0.05) is 37.6 Å². The Morgan fingerprint density at radius 1 is 1.04 bits per heavy atom. The highest BCUT2D eigenvalue weighted by Crippen LogP contribution is 2.30. The second kappa shape index (κ2) is 6.97. The third kappa shape index (κ3) is 2.78. The predicted molar refractivity (Wildman–Crippen MR) is 102 cm³/mol. The van der Waals surface area contributed by atoms with Gasteiger partial charge < -0.3 is 14.2 Å². The number of anilines is 1. The molecule has 1 aliphatic rings. The van der Waals surface area contributed by atoms with Crippen LogP contribution in [-0.2, 0) is 11.3 Å². The van der Waals surface area contributed by atoms with Crippen molar-refractivity contribution in [2.75, 3.05) is 31.2 Å². The van der Waals surface area contributed by atoms with Crippen LogP contribution in [0.3, 0.4) is 0 Å². The average molecular weight is 377 g/mol. The van der Waals surface area contributed by atoms with Gasteiger partial charge in [0.2, 0.25) is 0 Å². The molecule has 1 aliphatic heterocycles. The summed E-state index contributed by atoms with van der Waals surface area (Å²) in [6, 6.07) is 3.90. The van der Waals surface area contributed by atoms with Crippen LogP contribution in [0.1, 0.15) is 6.92 Å². The molecule has 10 nitrogen and oxygen atoms in total. The topological polar surface area (TPSA) is 99.7 Å². The lowest BCUT2D eigenvalue weighted by Crippen LogP contribution is -2.37. The maximum atomic E-state index is 5.51. The Labute approximate surface area is 160 Å². The van der Waals surface area contributed by atoms with Gasteiger partial charge in [-0.3, -0.25) is 4.98 Å². The Balaban J connectivity index is 1.77. The molecule has 4 aromatic rings. The molecule has 10 heteroatoms. The van der Waals surface area contributed by atoms with Gasteiger partial charge in [0.15, 0.2) is 17.0 Å². The highest BCUT2D eigenvalue weighted by molar-refractivity contribution is 5.87. The quantitative estimate of drug-likeness (QED) is 0.525. The van der Waals surface area contributed by atoms with Crippen molar-refractivity contribution in [3.63, 3.8) is 0 Å². The zero-order valence-electron chi connectivity index (χ0n) is 15.4. The van der Waals surface area contributed by atoms with Gasteiger partial charge in [-0.25, -0.2) is 4.98 Å². The number of imidazole rings is 1. The van der Waals surface area contributed by atoms with Crippen LogP contribution in [0.2, 0.25) is 0 Å². The summed E-state index contributed by atoms with van der Waals surface area (Å²) in [7, 11) is 0. The standard InChI is InChI=1S/C18H19N9O/c1-2-26-15(13-3-5-19-6-4-13)21-14-16(25-9-11-28-12-10-25)22-18(23-17(14)26)27-8-7-20-24-27/h3-8H,2,9-12H2,1H3. The van der Waals surface area contributed by atoms with Crippen LogP contribution in [0.4, 0.5) is 5.82 Å². The van der Waals surface area contributed by atoms with E-state index >= 15 is 0 Å². The van der Waals surface area contributed by atoms with E-state index in [9.17, 15) is 0 Å². The first-order chi connectivity index (χ1) is 13.8. The summed E-state index contributed by atoms with van der Waals surface area (Å²) in [5.41, 5.74) is 2.54. The number of morpholine rings is 1. The zero-order chi connectivity index (χ0) is 18.9. The third-order valence-electron chi connectivity index (χ3n) is 4.76. The molecule has 0 N–H and O–H groups in total. The van der Waals surface area contributed by atoms with Gasteiger partial charge >= 0.3 is 0 Å². The Kier molecular flexibility index (Phi) is 4.17. The normalized spacial score (nSPS) is 14.7. The van der Waals surface area contributed by atoms with Gasteiger partial charge in [-0.05, 0) is 19.1 Å². The summed E-state index contributed by atoms with van der Waals surface area (Å²) in [5, 5.41) is 7.95. The number of fused-ring (bicyclic) bond motifs is 1. The monoisotopic (exact) mass is 377 g/mol. The third-order valence-corrected chi connectivity index (χ3v) is 4.76. The van der Waals surface area contributed by atoms with Gasteiger partial charge in [-0.2, -0.15) is 14.6 Å². The van der Waals surface area contributed by atoms with Crippen molar-refractivity contribution in [1.82, 2.24) is 39.5 Å². The number of nitrogens with zero attached hydrogens (tertiary/aromatic N) is 9. The maximum Gasteiger partial charge on any atom is 0.256 e. The van der Waals surface area contributed by atoms with Crippen LogP contribution in [0.25, 0.3) is 28.5 Å². The second-order valence-corrected chi connectivity index (χ2v) is 6.38. The molecule has 28 heavy (non-hydrogen) atoms. The largest absolute Gasteiger partial charge is 0.378 e. The van der Waals surface area contributed by atoms with Gasteiger partial charge in [0.1, 0.15) is 5.82 Å². The van der Waals surface area contributed by atoms with Crippen molar-refractivity contribution >= 4 is 17.0 Å². The van der Waals surface area contributed by atoms with Crippen LogP contribution >= 0.6 is 0 Å². The van der Waals surface area contributed by atoms with Crippen LogP contribution in [0.5, 0.6) is 0 Å². The lowest BCUT2D eigenvalue weighted by molar-refractivity contribution is 0.122. The fourth-order valence-electron chi connectivity index (χ4n) is 3.41. The van der Waals surface area contributed by atoms with Crippen molar-refractivity contribution in [1.29, 1.82) is 0 Å². The minimum Gasteiger partial charge on any atom is -0.378 e. The zero-order valence-corrected chi connectivity index (χ0v) is 15.4. The fourth-order valence-corrected chi connectivity index (χ4v) is 3.41. The molecule has 0 amide bonds. The minimum absolute atomic E-state index is 0.474. The first-order valence-electron chi connectivity index (χ1n) is 9.23. The molecule has 0 aliphatic carbocycles. The molecule has 0 saturated carbocycles. The van der Waals surface area contributed by atoms with Gasteiger partial charge in [0.05, 0.1) is 25.6 Å². The molecule has 1 saturated heterocycles. The van der Waals surface area contributed by atoms with Crippen LogP contribution in [-0.4, -0.2) is 65.8 Å². The molecule has 142 valence electrons. The number of aryl methyl sites for hydroxylation is 1. The van der Waals surface area contributed by atoms with E-state index in [2.05, 4.69) is 31.7 Å². The van der Waals surface area contributed by atoms with E-state index in [-0.39, 0.29) is 0 Å². The van der Waals surface area contributed by atoms with E-state index in [0.717, 1.165) is 48.0 Å². The summed E-state index contributed by atoms with van der Waals surface area (Å²) in [6.07, 6.45) is 6.89. The number of hydrogen-bond donors (Lipinski definition) is 0. The van der Waals surface area contributed by atoms with Gasteiger partial charge in [0.25, 0.3) is 5.95 Å². The molecule has 0 aromatic carbocycles. The SMILES string of the molecule is CCn1c(-c2ccncc2)nc2c(N3CCOCC3)nc(-n3ccnn3)nc21. The molecular weight excluding hydrogens is 358 g/mol. The molecule has 0 bridgehead atoms. The van der Waals surface area contributed by atoms with Crippen molar-refractivity contribution in [2.45, 2.75) is 13.5 Å². The molecular formula is C18H19N9O. The number of rotatable bonds is 4. The van der Waals surface area contributed by atoms with Crippen LogP contribution in [0.15, 0.2) is 36.9 Å². The average Bonchev–Trinajstić information content (AvgIpc) is 3.42. The first kappa shape index (κ1) is 16.8. The lowest BCUT2D eigenvalue weighted by atomic mass is 10.2. The van der Waals surface area contributed by atoms with E-state index in [1.165, 1.54) is 0 Å². The van der Waals surface area contributed by atoms with Gasteiger partial charge in [-0.1, -0.05) is 5.21 Å².